The second-order valence-electron chi connectivity index (χ2n) is 7.95. The van der Waals surface area contributed by atoms with Crippen LogP contribution in [-0.2, 0) is 16.6 Å². The van der Waals surface area contributed by atoms with E-state index in [0.717, 1.165) is 13.1 Å². The van der Waals surface area contributed by atoms with Crippen molar-refractivity contribution in [3.05, 3.63) is 90.5 Å². The van der Waals surface area contributed by atoms with Crippen LogP contribution in [0.2, 0.25) is 0 Å². The first-order valence-electron chi connectivity index (χ1n) is 10.0. The Bertz CT molecular complexity index is 1080. The van der Waals surface area contributed by atoms with E-state index in [9.17, 15) is 8.42 Å². The summed E-state index contributed by atoms with van der Waals surface area (Å²) < 4.78 is 27.5. The Kier molecular flexibility index (Phi) is 4.74. The summed E-state index contributed by atoms with van der Waals surface area (Å²) in [6.45, 7) is 3.05. The van der Waals surface area contributed by atoms with Gasteiger partial charge in [-0.1, -0.05) is 72.8 Å². The van der Waals surface area contributed by atoms with Gasteiger partial charge in [-0.2, -0.15) is 4.31 Å². The Morgan fingerprint density at radius 1 is 0.724 bits per heavy atom. The molecule has 2 atom stereocenters. The summed E-state index contributed by atoms with van der Waals surface area (Å²) >= 11 is 0. The van der Waals surface area contributed by atoms with Gasteiger partial charge in [-0.05, 0) is 28.8 Å². The zero-order valence-corrected chi connectivity index (χ0v) is 17.0. The lowest BCUT2D eigenvalue weighted by atomic mass is 9.91. The van der Waals surface area contributed by atoms with Gasteiger partial charge in [0.1, 0.15) is 0 Å². The Morgan fingerprint density at radius 2 is 1.34 bits per heavy atom. The van der Waals surface area contributed by atoms with Gasteiger partial charge in [0.25, 0.3) is 0 Å². The fourth-order valence-electron chi connectivity index (χ4n) is 4.49. The molecular weight excluding hydrogens is 380 g/mol. The van der Waals surface area contributed by atoms with Crippen LogP contribution in [0.5, 0.6) is 0 Å². The Balaban J connectivity index is 1.24. The van der Waals surface area contributed by atoms with Gasteiger partial charge in [0.15, 0.2) is 0 Å². The number of hydrogen-bond acceptors (Lipinski definition) is 3. The van der Waals surface area contributed by atoms with Crippen molar-refractivity contribution in [2.75, 3.05) is 19.6 Å². The molecule has 29 heavy (non-hydrogen) atoms. The lowest BCUT2D eigenvalue weighted by molar-refractivity contribution is 0.0435. The fourth-order valence-corrected chi connectivity index (χ4v) is 6.03. The smallest absolute Gasteiger partial charge is 0.243 e. The number of hydrogen-bond donors (Lipinski definition) is 0. The van der Waals surface area contributed by atoms with Gasteiger partial charge in [-0.3, -0.25) is 4.90 Å². The van der Waals surface area contributed by atoms with E-state index in [1.807, 2.05) is 12.1 Å². The molecule has 3 aromatic rings. The summed E-state index contributed by atoms with van der Waals surface area (Å²) in [5, 5.41) is 0. The summed E-state index contributed by atoms with van der Waals surface area (Å²) in [6.07, 6.45) is 0. The minimum Gasteiger partial charge on any atom is -0.294 e. The molecular formula is C24H24N2O2S. The third-order valence-corrected chi connectivity index (χ3v) is 7.98. The molecule has 0 N–H and O–H groups in total. The first-order chi connectivity index (χ1) is 14.1. The monoisotopic (exact) mass is 404 g/mol. The molecule has 2 aliphatic rings. The molecule has 0 radical (unpaired) electrons. The van der Waals surface area contributed by atoms with Crippen molar-refractivity contribution in [3.63, 3.8) is 0 Å². The normalized spacial score (nSPS) is 22.2. The molecule has 2 saturated heterocycles. The average molecular weight is 405 g/mol. The number of likely N-dealkylation sites (tertiary alicyclic amines) is 1. The molecule has 0 amide bonds. The zero-order chi connectivity index (χ0) is 19.8. The van der Waals surface area contributed by atoms with E-state index in [0.29, 0.717) is 29.9 Å². The van der Waals surface area contributed by atoms with Crippen LogP contribution < -0.4 is 0 Å². The number of benzene rings is 3. The largest absolute Gasteiger partial charge is 0.294 e. The number of fused-ring (bicyclic) bond motifs is 1. The molecule has 0 aromatic heterocycles. The van der Waals surface area contributed by atoms with Crippen LogP contribution in [0.15, 0.2) is 89.8 Å². The van der Waals surface area contributed by atoms with E-state index in [-0.39, 0.29) is 0 Å². The summed E-state index contributed by atoms with van der Waals surface area (Å²) in [5.74, 6) is 0.442. The highest BCUT2D eigenvalue weighted by Gasteiger charge is 2.48. The Morgan fingerprint density at radius 3 is 2.03 bits per heavy atom. The molecule has 148 valence electrons. The van der Waals surface area contributed by atoms with Crippen LogP contribution in [-0.4, -0.2) is 43.3 Å². The first kappa shape index (κ1) is 18.6. The summed E-state index contributed by atoms with van der Waals surface area (Å²) in [7, 11) is -3.39. The van der Waals surface area contributed by atoms with Crippen molar-refractivity contribution in [1.29, 1.82) is 0 Å². The molecule has 5 rings (SSSR count). The SMILES string of the molecule is O=S(=O)(c1ccccc1)N1C[C@H]2CN(Cc3ccc(-c4ccccc4)cc3)[C@@H]2C1. The predicted octanol–water partition coefficient (Wildman–Crippen LogP) is 3.86. The summed E-state index contributed by atoms with van der Waals surface area (Å²) in [6, 6.07) is 28.2. The number of sulfonamides is 1. The van der Waals surface area contributed by atoms with Crippen molar-refractivity contribution in [3.8, 4) is 11.1 Å². The lowest BCUT2D eigenvalue weighted by Gasteiger charge is -2.43. The maximum Gasteiger partial charge on any atom is 0.243 e. The number of rotatable bonds is 5. The molecule has 3 aromatic carbocycles. The molecule has 2 heterocycles. The average Bonchev–Trinajstić information content (AvgIpc) is 3.11. The second-order valence-corrected chi connectivity index (χ2v) is 9.89. The minimum atomic E-state index is -3.39. The lowest BCUT2D eigenvalue weighted by Crippen LogP contribution is -2.54. The van der Waals surface area contributed by atoms with Gasteiger partial charge in [-0.25, -0.2) is 8.42 Å². The quantitative estimate of drug-likeness (QED) is 0.648. The van der Waals surface area contributed by atoms with Crippen LogP contribution in [0.25, 0.3) is 11.1 Å². The van der Waals surface area contributed by atoms with E-state index >= 15 is 0 Å². The third kappa shape index (κ3) is 3.50. The fraction of sp³-hybridized carbons (Fsp3) is 0.250. The van der Waals surface area contributed by atoms with E-state index in [2.05, 4.69) is 53.4 Å². The molecule has 0 saturated carbocycles. The molecule has 0 bridgehead atoms. The molecule has 0 spiro atoms. The van der Waals surface area contributed by atoms with Crippen LogP contribution in [0.4, 0.5) is 0 Å². The minimum absolute atomic E-state index is 0.322. The van der Waals surface area contributed by atoms with E-state index in [1.165, 1.54) is 16.7 Å². The van der Waals surface area contributed by atoms with Gasteiger partial charge >= 0.3 is 0 Å². The van der Waals surface area contributed by atoms with Crippen LogP contribution >= 0.6 is 0 Å². The second kappa shape index (κ2) is 7.41. The standard InChI is InChI=1S/C24H24N2O2S/c27-29(28,23-9-5-2-6-10-23)26-17-22-16-25(24(22)18-26)15-19-11-13-21(14-12-19)20-7-3-1-4-8-20/h1-14,22,24H,15-18H2/t22-,24-/m1/s1. The molecule has 0 aliphatic carbocycles. The third-order valence-electron chi connectivity index (χ3n) is 6.14. The van der Waals surface area contributed by atoms with Crippen molar-refractivity contribution in [2.24, 2.45) is 5.92 Å². The Hall–Kier alpha value is -2.47. The van der Waals surface area contributed by atoms with Crippen LogP contribution in [0.1, 0.15) is 5.56 Å². The van der Waals surface area contributed by atoms with Crippen molar-refractivity contribution >= 4 is 10.0 Å². The van der Waals surface area contributed by atoms with Gasteiger partial charge in [0.2, 0.25) is 10.0 Å². The van der Waals surface area contributed by atoms with Gasteiger partial charge in [0.05, 0.1) is 4.90 Å². The number of nitrogens with zero attached hydrogens (tertiary/aromatic N) is 2. The Labute approximate surface area is 172 Å². The molecule has 0 unspecified atom stereocenters. The highest BCUT2D eigenvalue weighted by molar-refractivity contribution is 7.89. The summed E-state index contributed by atoms with van der Waals surface area (Å²) in [4.78, 5) is 2.80. The van der Waals surface area contributed by atoms with Crippen molar-refractivity contribution in [1.82, 2.24) is 9.21 Å². The van der Waals surface area contributed by atoms with Gasteiger partial charge in [0, 0.05) is 38.1 Å². The highest BCUT2D eigenvalue weighted by atomic mass is 32.2. The molecule has 5 heteroatoms. The van der Waals surface area contributed by atoms with Gasteiger partial charge < -0.3 is 0 Å². The molecule has 2 aliphatic heterocycles. The van der Waals surface area contributed by atoms with Crippen LogP contribution in [0.3, 0.4) is 0 Å². The zero-order valence-electron chi connectivity index (χ0n) is 16.2. The van der Waals surface area contributed by atoms with Gasteiger partial charge in [-0.15, -0.1) is 0 Å². The van der Waals surface area contributed by atoms with Crippen LogP contribution in [0, 0.1) is 5.92 Å². The highest BCUT2D eigenvalue weighted by Crippen LogP contribution is 2.36. The van der Waals surface area contributed by atoms with Crippen molar-refractivity contribution < 1.29 is 8.42 Å². The maximum absolute atomic E-state index is 12.9. The maximum atomic E-state index is 12.9. The first-order valence-corrected chi connectivity index (χ1v) is 11.5. The topological polar surface area (TPSA) is 40.6 Å². The summed E-state index contributed by atoms with van der Waals surface area (Å²) in [5.41, 5.74) is 3.71. The van der Waals surface area contributed by atoms with Crippen molar-refractivity contribution in [2.45, 2.75) is 17.5 Å². The molecule has 4 nitrogen and oxygen atoms in total. The predicted molar refractivity (Wildman–Crippen MR) is 115 cm³/mol. The van der Waals surface area contributed by atoms with E-state index < -0.39 is 10.0 Å². The van der Waals surface area contributed by atoms with E-state index in [4.69, 9.17) is 0 Å². The molecule has 2 fully saturated rings. The van der Waals surface area contributed by atoms with E-state index in [1.54, 1.807) is 28.6 Å².